The van der Waals surface area contributed by atoms with Crippen LogP contribution in [0.5, 0.6) is 0 Å². The molecule has 0 aromatic heterocycles. The monoisotopic (exact) mass is 196 g/mol. The van der Waals surface area contributed by atoms with E-state index < -0.39 is 13.3 Å². The van der Waals surface area contributed by atoms with Gasteiger partial charge in [-0.25, -0.2) is 0 Å². The van der Waals surface area contributed by atoms with Gasteiger partial charge in [0.1, 0.15) is 0 Å². The molecule has 0 aromatic carbocycles. The minimum atomic E-state index is -4.50. The zero-order valence-electron chi connectivity index (χ0n) is 6.17. The Hall–Kier alpha value is 0.0300. The fraction of sp³-hybridized carbons (Fsp3) is 1.00. The van der Waals surface area contributed by atoms with Crippen LogP contribution in [0.1, 0.15) is 0 Å². The standard InChI is InChI=1S/C5H9O6P/c6-12(7,8)5-9-1-4(2-10-5)3-11-5/h4H,1-3H2,(H2,6,7,8). The Balaban J connectivity index is 2.25. The zero-order valence-corrected chi connectivity index (χ0v) is 7.07. The van der Waals surface area contributed by atoms with E-state index in [1.54, 1.807) is 0 Å². The Labute approximate surface area is 68.6 Å². The van der Waals surface area contributed by atoms with Gasteiger partial charge in [-0.2, -0.15) is 0 Å². The summed E-state index contributed by atoms with van der Waals surface area (Å²) >= 11 is 0. The van der Waals surface area contributed by atoms with Crippen molar-refractivity contribution in [3.8, 4) is 0 Å². The van der Waals surface area contributed by atoms with Crippen molar-refractivity contribution >= 4 is 7.60 Å². The molecule has 3 fully saturated rings. The van der Waals surface area contributed by atoms with Gasteiger partial charge in [-0.3, -0.25) is 4.57 Å². The van der Waals surface area contributed by atoms with E-state index in [1.165, 1.54) is 0 Å². The van der Waals surface area contributed by atoms with Crippen LogP contribution in [0.4, 0.5) is 0 Å². The molecule has 3 aliphatic heterocycles. The average Bonchev–Trinajstić information content (AvgIpc) is 2.06. The van der Waals surface area contributed by atoms with Gasteiger partial charge in [0.2, 0.25) is 0 Å². The van der Waals surface area contributed by atoms with E-state index in [4.69, 9.17) is 24.0 Å². The molecular formula is C5H9O6P. The van der Waals surface area contributed by atoms with Gasteiger partial charge in [0.25, 0.3) is 0 Å². The van der Waals surface area contributed by atoms with Gasteiger partial charge in [0.05, 0.1) is 19.8 Å². The van der Waals surface area contributed by atoms with E-state index in [1.807, 2.05) is 0 Å². The number of fused-ring (bicyclic) bond motifs is 3. The first-order valence-electron chi connectivity index (χ1n) is 3.51. The highest BCUT2D eigenvalue weighted by Crippen LogP contribution is 2.56. The van der Waals surface area contributed by atoms with Crippen LogP contribution in [0.25, 0.3) is 0 Å². The van der Waals surface area contributed by atoms with E-state index in [0.29, 0.717) is 0 Å². The molecule has 3 saturated heterocycles. The summed E-state index contributed by atoms with van der Waals surface area (Å²) in [6, 6.07) is 0. The van der Waals surface area contributed by atoms with Gasteiger partial charge in [-0.05, 0) is 0 Å². The highest BCUT2D eigenvalue weighted by Gasteiger charge is 2.58. The highest BCUT2D eigenvalue weighted by molar-refractivity contribution is 7.52. The maximum Gasteiger partial charge on any atom is 0.415 e. The lowest BCUT2D eigenvalue weighted by atomic mass is 10.2. The molecule has 2 N–H and O–H groups in total. The minimum absolute atomic E-state index is 0.0958. The molecule has 0 aliphatic carbocycles. The van der Waals surface area contributed by atoms with Crippen LogP contribution < -0.4 is 0 Å². The van der Waals surface area contributed by atoms with Crippen LogP contribution in [0.3, 0.4) is 0 Å². The maximum absolute atomic E-state index is 10.9. The molecule has 0 atom stereocenters. The van der Waals surface area contributed by atoms with Gasteiger partial charge in [-0.15, -0.1) is 0 Å². The third kappa shape index (κ3) is 1.12. The van der Waals surface area contributed by atoms with Crippen LogP contribution in [0.15, 0.2) is 0 Å². The largest absolute Gasteiger partial charge is 0.415 e. The van der Waals surface area contributed by atoms with Crippen molar-refractivity contribution in [2.24, 2.45) is 5.92 Å². The van der Waals surface area contributed by atoms with Crippen molar-refractivity contribution in [3.63, 3.8) is 0 Å². The maximum atomic E-state index is 10.9. The molecule has 3 rings (SSSR count). The summed E-state index contributed by atoms with van der Waals surface area (Å²) in [7, 11) is -4.50. The Morgan fingerprint density at radius 3 is 1.83 bits per heavy atom. The second kappa shape index (κ2) is 2.51. The molecule has 6 nitrogen and oxygen atoms in total. The fourth-order valence-electron chi connectivity index (χ4n) is 1.19. The van der Waals surface area contributed by atoms with Gasteiger partial charge in [0, 0.05) is 5.92 Å². The van der Waals surface area contributed by atoms with Crippen LogP contribution >= 0.6 is 7.60 Å². The van der Waals surface area contributed by atoms with E-state index >= 15 is 0 Å². The van der Waals surface area contributed by atoms with Crippen LogP contribution in [0.2, 0.25) is 0 Å². The summed E-state index contributed by atoms with van der Waals surface area (Å²) in [4.78, 5) is 17.7. The summed E-state index contributed by atoms with van der Waals surface area (Å²) < 4.78 is 25.3. The summed E-state index contributed by atoms with van der Waals surface area (Å²) in [6.45, 7) is 0.849. The summed E-state index contributed by atoms with van der Waals surface area (Å²) in [5.41, 5.74) is -2.11. The molecule has 0 spiro atoms. The Morgan fingerprint density at radius 1 is 1.17 bits per heavy atom. The molecule has 70 valence electrons. The van der Waals surface area contributed by atoms with E-state index in [9.17, 15) is 4.57 Å². The Kier molecular flexibility index (Phi) is 1.80. The smallest absolute Gasteiger partial charge is 0.319 e. The molecule has 0 amide bonds. The molecule has 0 unspecified atom stereocenters. The Bertz CT molecular complexity index is 212. The number of hydrogen-bond acceptors (Lipinski definition) is 4. The molecule has 0 radical (unpaired) electrons. The lowest BCUT2D eigenvalue weighted by Crippen LogP contribution is -2.53. The molecule has 2 bridgehead atoms. The van der Waals surface area contributed by atoms with E-state index in [-0.39, 0.29) is 25.7 Å². The van der Waals surface area contributed by atoms with E-state index in [2.05, 4.69) is 0 Å². The van der Waals surface area contributed by atoms with Crippen molar-refractivity contribution in [2.75, 3.05) is 19.8 Å². The lowest BCUT2D eigenvalue weighted by Gasteiger charge is -2.44. The summed E-state index contributed by atoms with van der Waals surface area (Å²) in [5, 5.41) is 0. The number of rotatable bonds is 1. The highest BCUT2D eigenvalue weighted by atomic mass is 31.2. The lowest BCUT2D eigenvalue weighted by molar-refractivity contribution is -0.406. The van der Waals surface area contributed by atoms with Crippen LogP contribution in [0, 0.1) is 5.92 Å². The van der Waals surface area contributed by atoms with Crippen molar-refractivity contribution < 1.29 is 28.6 Å². The predicted molar refractivity (Wildman–Crippen MR) is 36.1 cm³/mol. The molecule has 0 aromatic rings. The molecule has 7 heteroatoms. The minimum Gasteiger partial charge on any atom is -0.319 e. The number of ether oxygens (including phenoxy) is 3. The van der Waals surface area contributed by atoms with E-state index in [0.717, 1.165) is 0 Å². The van der Waals surface area contributed by atoms with Crippen molar-refractivity contribution in [1.82, 2.24) is 0 Å². The van der Waals surface area contributed by atoms with Gasteiger partial charge >= 0.3 is 13.3 Å². The van der Waals surface area contributed by atoms with Gasteiger partial charge in [0.15, 0.2) is 0 Å². The molecule has 12 heavy (non-hydrogen) atoms. The van der Waals surface area contributed by atoms with Gasteiger partial charge in [-0.1, -0.05) is 0 Å². The molecule has 3 heterocycles. The first kappa shape index (κ1) is 8.62. The molecule has 0 saturated carbocycles. The quantitative estimate of drug-likeness (QED) is 0.548. The number of hydrogen-bond donors (Lipinski definition) is 2. The molecular weight excluding hydrogens is 187 g/mol. The second-order valence-corrected chi connectivity index (χ2v) is 4.50. The topological polar surface area (TPSA) is 85.2 Å². The first-order valence-corrected chi connectivity index (χ1v) is 5.12. The average molecular weight is 196 g/mol. The van der Waals surface area contributed by atoms with Crippen LogP contribution in [-0.4, -0.2) is 35.3 Å². The van der Waals surface area contributed by atoms with Gasteiger partial charge < -0.3 is 24.0 Å². The van der Waals surface area contributed by atoms with Crippen molar-refractivity contribution in [3.05, 3.63) is 0 Å². The van der Waals surface area contributed by atoms with Crippen molar-refractivity contribution in [1.29, 1.82) is 0 Å². The predicted octanol–water partition coefficient (Wildman–Crippen LogP) is -0.531. The third-order valence-corrected chi connectivity index (χ3v) is 2.96. The van der Waals surface area contributed by atoms with Crippen LogP contribution in [-0.2, 0) is 18.8 Å². The normalized spacial score (nSPS) is 41.7. The summed E-state index contributed by atoms with van der Waals surface area (Å²) in [5.74, 6) is 0.0958. The first-order chi connectivity index (χ1) is 5.54. The zero-order chi connectivity index (χ0) is 8.82. The second-order valence-electron chi connectivity index (χ2n) is 2.87. The summed E-state index contributed by atoms with van der Waals surface area (Å²) in [6.07, 6.45) is 0. The fourth-order valence-corrected chi connectivity index (χ4v) is 1.92. The SMILES string of the molecule is O=P(O)(O)C12OCC(CO1)CO2. The molecule has 3 aliphatic rings. The third-order valence-electron chi connectivity index (χ3n) is 1.86. The van der Waals surface area contributed by atoms with Crippen molar-refractivity contribution in [2.45, 2.75) is 5.71 Å². The Morgan fingerprint density at radius 2 is 1.58 bits per heavy atom.